The summed E-state index contributed by atoms with van der Waals surface area (Å²) in [5.41, 5.74) is 7.12. The molecule has 0 heterocycles. The number of primary amides is 1. The van der Waals surface area contributed by atoms with Gasteiger partial charge < -0.3 is 15.8 Å². The summed E-state index contributed by atoms with van der Waals surface area (Å²) >= 11 is 0. The maximum absolute atomic E-state index is 11.8. The van der Waals surface area contributed by atoms with Crippen molar-refractivity contribution in [3.63, 3.8) is 0 Å². The molecule has 1 atom stereocenters. The zero-order chi connectivity index (χ0) is 13.5. The van der Waals surface area contributed by atoms with E-state index in [1.54, 1.807) is 0 Å². The predicted molar refractivity (Wildman–Crippen MR) is 67.9 cm³/mol. The lowest BCUT2D eigenvalue weighted by Gasteiger charge is -2.14. The van der Waals surface area contributed by atoms with E-state index in [9.17, 15) is 9.59 Å². The fourth-order valence-corrected chi connectivity index (χ4v) is 1.59. The second kappa shape index (κ2) is 6.76. The number of nitrogens with two attached hydrogens (primary N) is 1. The van der Waals surface area contributed by atoms with Crippen molar-refractivity contribution < 1.29 is 14.3 Å². The Morgan fingerprint density at radius 3 is 2.61 bits per heavy atom. The summed E-state index contributed by atoms with van der Waals surface area (Å²) < 4.78 is 4.82. The Labute approximate surface area is 106 Å². The first kappa shape index (κ1) is 14.2. The van der Waals surface area contributed by atoms with E-state index in [4.69, 9.17) is 10.5 Å². The van der Waals surface area contributed by atoms with Crippen LogP contribution in [-0.2, 0) is 20.7 Å². The van der Waals surface area contributed by atoms with Gasteiger partial charge in [0.05, 0.1) is 13.0 Å². The molecule has 0 bridgehead atoms. The number of rotatable bonds is 6. The summed E-state index contributed by atoms with van der Waals surface area (Å²) in [5.74, 6) is -0.847. The van der Waals surface area contributed by atoms with Crippen molar-refractivity contribution in [1.29, 1.82) is 0 Å². The molecule has 5 nitrogen and oxygen atoms in total. The number of hydrogen-bond acceptors (Lipinski definition) is 3. The van der Waals surface area contributed by atoms with Crippen molar-refractivity contribution in [3.8, 4) is 0 Å². The summed E-state index contributed by atoms with van der Waals surface area (Å²) in [6.07, 6.45) is 0.222. The van der Waals surface area contributed by atoms with Crippen LogP contribution in [0.1, 0.15) is 11.1 Å². The molecular weight excluding hydrogens is 232 g/mol. The number of aryl methyl sites for hydroxylation is 1. The highest BCUT2D eigenvalue weighted by Crippen LogP contribution is 2.07. The van der Waals surface area contributed by atoms with Crippen molar-refractivity contribution in [1.82, 2.24) is 5.32 Å². The van der Waals surface area contributed by atoms with Gasteiger partial charge in [0.1, 0.15) is 6.04 Å². The molecule has 1 unspecified atom stereocenters. The lowest BCUT2D eigenvalue weighted by Crippen LogP contribution is -2.47. The number of carbonyl (C=O) groups is 2. The number of hydrogen-bond donors (Lipinski definition) is 2. The summed E-state index contributed by atoms with van der Waals surface area (Å²) in [4.78, 5) is 22.9. The molecule has 0 spiro atoms. The molecule has 0 fully saturated rings. The standard InChI is InChI=1S/C13H18N2O3/c1-9-5-3-4-6-10(9)7-12(16)15-11(8-18-2)13(14)17/h3-6,11H,7-8H2,1-2H3,(H2,14,17)(H,15,16). The van der Waals surface area contributed by atoms with Crippen LogP contribution in [0.2, 0.25) is 0 Å². The number of methoxy groups -OCH3 is 1. The minimum absolute atomic E-state index is 0.0782. The van der Waals surface area contributed by atoms with Crippen molar-refractivity contribution in [3.05, 3.63) is 35.4 Å². The van der Waals surface area contributed by atoms with Gasteiger partial charge in [-0.15, -0.1) is 0 Å². The first-order valence-corrected chi connectivity index (χ1v) is 5.66. The third kappa shape index (κ3) is 4.18. The van der Waals surface area contributed by atoms with E-state index < -0.39 is 11.9 Å². The second-order valence-electron chi connectivity index (χ2n) is 4.08. The van der Waals surface area contributed by atoms with Gasteiger partial charge in [0, 0.05) is 7.11 Å². The van der Waals surface area contributed by atoms with E-state index in [0.717, 1.165) is 11.1 Å². The van der Waals surface area contributed by atoms with E-state index >= 15 is 0 Å². The molecule has 0 aliphatic heterocycles. The van der Waals surface area contributed by atoms with Crippen molar-refractivity contribution in [2.45, 2.75) is 19.4 Å². The maximum atomic E-state index is 11.8. The number of benzene rings is 1. The Kier molecular flexibility index (Phi) is 5.32. The number of amides is 2. The molecule has 98 valence electrons. The van der Waals surface area contributed by atoms with Crippen LogP contribution in [0.25, 0.3) is 0 Å². The maximum Gasteiger partial charge on any atom is 0.242 e. The molecule has 5 heteroatoms. The summed E-state index contributed by atoms with van der Waals surface area (Å²) in [7, 11) is 1.45. The largest absolute Gasteiger partial charge is 0.382 e. The summed E-state index contributed by atoms with van der Waals surface area (Å²) in [6.45, 7) is 2.01. The topological polar surface area (TPSA) is 81.4 Å². The Morgan fingerprint density at radius 2 is 2.06 bits per heavy atom. The van der Waals surface area contributed by atoms with Crippen LogP contribution in [0, 0.1) is 6.92 Å². The minimum Gasteiger partial charge on any atom is -0.382 e. The van der Waals surface area contributed by atoms with Crippen LogP contribution in [-0.4, -0.2) is 31.6 Å². The van der Waals surface area contributed by atoms with Gasteiger partial charge in [-0.05, 0) is 18.1 Å². The van der Waals surface area contributed by atoms with Gasteiger partial charge in [-0.25, -0.2) is 0 Å². The number of ether oxygens (including phenoxy) is 1. The van der Waals surface area contributed by atoms with Gasteiger partial charge in [0.15, 0.2) is 0 Å². The molecule has 1 aromatic carbocycles. The smallest absolute Gasteiger partial charge is 0.242 e. The second-order valence-corrected chi connectivity index (χ2v) is 4.08. The minimum atomic E-state index is -0.786. The van der Waals surface area contributed by atoms with E-state index in [-0.39, 0.29) is 18.9 Å². The Bertz CT molecular complexity index is 432. The lowest BCUT2D eigenvalue weighted by molar-refractivity contribution is -0.128. The monoisotopic (exact) mass is 250 g/mol. The Hall–Kier alpha value is -1.88. The third-order valence-electron chi connectivity index (χ3n) is 2.62. The number of carbonyl (C=O) groups excluding carboxylic acids is 2. The first-order chi connectivity index (χ1) is 8.54. The summed E-state index contributed by atoms with van der Waals surface area (Å²) in [5, 5.41) is 2.55. The molecule has 0 aliphatic rings. The average molecular weight is 250 g/mol. The number of nitrogens with one attached hydrogen (secondary N) is 1. The highest BCUT2D eigenvalue weighted by molar-refractivity contribution is 5.87. The van der Waals surface area contributed by atoms with Crippen molar-refractivity contribution >= 4 is 11.8 Å². The van der Waals surface area contributed by atoms with Gasteiger partial charge in [-0.1, -0.05) is 24.3 Å². The molecule has 0 aromatic heterocycles. The quantitative estimate of drug-likeness (QED) is 0.754. The molecule has 3 N–H and O–H groups in total. The van der Waals surface area contributed by atoms with Gasteiger partial charge in [-0.3, -0.25) is 9.59 Å². The van der Waals surface area contributed by atoms with E-state index in [0.29, 0.717) is 0 Å². The van der Waals surface area contributed by atoms with E-state index in [2.05, 4.69) is 5.32 Å². The Balaban J connectivity index is 2.61. The average Bonchev–Trinajstić information content (AvgIpc) is 2.31. The summed E-state index contributed by atoms with van der Waals surface area (Å²) in [6, 6.07) is 6.81. The van der Waals surface area contributed by atoms with Gasteiger partial charge in [-0.2, -0.15) is 0 Å². The van der Waals surface area contributed by atoms with Crippen LogP contribution in [0.3, 0.4) is 0 Å². The third-order valence-corrected chi connectivity index (χ3v) is 2.62. The molecule has 0 aliphatic carbocycles. The van der Waals surface area contributed by atoms with Crippen molar-refractivity contribution in [2.24, 2.45) is 5.73 Å². The van der Waals surface area contributed by atoms with Gasteiger partial charge in [0.2, 0.25) is 11.8 Å². The molecule has 2 amide bonds. The lowest BCUT2D eigenvalue weighted by atomic mass is 10.1. The fraction of sp³-hybridized carbons (Fsp3) is 0.385. The van der Waals surface area contributed by atoms with Crippen LogP contribution in [0.4, 0.5) is 0 Å². The highest BCUT2D eigenvalue weighted by Gasteiger charge is 2.17. The SMILES string of the molecule is COCC(NC(=O)Cc1ccccc1C)C(N)=O. The predicted octanol–water partition coefficient (Wildman–Crippen LogP) is 0.154. The molecular formula is C13H18N2O3. The van der Waals surface area contributed by atoms with Crippen LogP contribution >= 0.6 is 0 Å². The molecule has 1 aromatic rings. The molecule has 18 heavy (non-hydrogen) atoms. The fourth-order valence-electron chi connectivity index (χ4n) is 1.59. The van der Waals surface area contributed by atoms with E-state index in [1.807, 2.05) is 31.2 Å². The molecule has 0 saturated heterocycles. The van der Waals surface area contributed by atoms with Crippen LogP contribution in [0.5, 0.6) is 0 Å². The normalized spacial score (nSPS) is 11.9. The molecule has 0 radical (unpaired) electrons. The van der Waals surface area contributed by atoms with Crippen LogP contribution in [0.15, 0.2) is 24.3 Å². The zero-order valence-corrected chi connectivity index (χ0v) is 10.6. The first-order valence-electron chi connectivity index (χ1n) is 5.66. The zero-order valence-electron chi connectivity index (χ0n) is 10.6. The molecule has 1 rings (SSSR count). The van der Waals surface area contributed by atoms with Crippen LogP contribution < -0.4 is 11.1 Å². The highest BCUT2D eigenvalue weighted by atomic mass is 16.5. The van der Waals surface area contributed by atoms with Gasteiger partial charge >= 0.3 is 0 Å². The Morgan fingerprint density at radius 1 is 1.39 bits per heavy atom. The van der Waals surface area contributed by atoms with Crippen molar-refractivity contribution in [2.75, 3.05) is 13.7 Å². The molecule has 0 saturated carbocycles. The van der Waals surface area contributed by atoms with Gasteiger partial charge in [0.25, 0.3) is 0 Å². The van der Waals surface area contributed by atoms with E-state index in [1.165, 1.54) is 7.11 Å².